The predicted molar refractivity (Wildman–Crippen MR) is 103 cm³/mol. The number of piperidine rings is 1. The Morgan fingerprint density at radius 3 is 2.60 bits per heavy atom. The Bertz CT molecular complexity index is 718. The molecule has 0 saturated carbocycles. The van der Waals surface area contributed by atoms with Gasteiger partial charge in [0.15, 0.2) is 0 Å². The highest BCUT2D eigenvalue weighted by Crippen LogP contribution is 2.31. The van der Waals surface area contributed by atoms with Crippen molar-refractivity contribution in [3.63, 3.8) is 0 Å². The monoisotopic (exact) mass is 339 g/mol. The molecule has 4 nitrogen and oxygen atoms in total. The standard InChI is InChI=1S/C21H29N3O/c1-16-3-4-20-19(15-16)21(5-8-22-20)24-9-6-18(7-10-24)17(2)23-11-13-25-14-12-23/h3-5,8,15,17-18H,6-7,9-14H2,1-2H3. The molecule has 0 N–H and O–H groups in total. The molecule has 4 heteroatoms. The van der Waals surface area contributed by atoms with E-state index < -0.39 is 0 Å². The molecule has 134 valence electrons. The van der Waals surface area contributed by atoms with Crippen molar-refractivity contribution in [2.24, 2.45) is 5.92 Å². The van der Waals surface area contributed by atoms with Crippen molar-refractivity contribution in [2.45, 2.75) is 32.7 Å². The third kappa shape index (κ3) is 3.51. The van der Waals surface area contributed by atoms with Gasteiger partial charge in [-0.3, -0.25) is 9.88 Å². The van der Waals surface area contributed by atoms with Gasteiger partial charge in [-0.05, 0) is 50.8 Å². The number of hydrogen-bond acceptors (Lipinski definition) is 4. The van der Waals surface area contributed by atoms with E-state index in [1.54, 1.807) is 0 Å². The van der Waals surface area contributed by atoms with Gasteiger partial charge in [-0.2, -0.15) is 0 Å². The van der Waals surface area contributed by atoms with Gasteiger partial charge in [0.25, 0.3) is 0 Å². The normalized spacial score (nSPS) is 21.6. The van der Waals surface area contributed by atoms with E-state index >= 15 is 0 Å². The Labute approximate surface area is 150 Å². The highest BCUT2D eigenvalue weighted by Gasteiger charge is 2.29. The number of aryl methyl sites for hydroxylation is 1. The summed E-state index contributed by atoms with van der Waals surface area (Å²) >= 11 is 0. The van der Waals surface area contributed by atoms with E-state index in [0.29, 0.717) is 6.04 Å². The average molecular weight is 339 g/mol. The zero-order valence-electron chi connectivity index (χ0n) is 15.4. The summed E-state index contributed by atoms with van der Waals surface area (Å²) in [6, 6.07) is 9.42. The van der Waals surface area contributed by atoms with Crippen molar-refractivity contribution < 1.29 is 4.74 Å². The Hall–Kier alpha value is -1.65. The number of pyridine rings is 1. The van der Waals surface area contributed by atoms with E-state index in [-0.39, 0.29) is 0 Å². The maximum absolute atomic E-state index is 5.51. The highest BCUT2D eigenvalue weighted by atomic mass is 16.5. The van der Waals surface area contributed by atoms with Crippen LogP contribution in [0.2, 0.25) is 0 Å². The molecule has 4 rings (SSSR count). The third-order valence-corrected chi connectivity index (χ3v) is 6.06. The van der Waals surface area contributed by atoms with Crippen LogP contribution in [0.5, 0.6) is 0 Å². The summed E-state index contributed by atoms with van der Waals surface area (Å²) in [6.07, 6.45) is 4.50. The topological polar surface area (TPSA) is 28.6 Å². The average Bonchev–Trinajstić information content (AvgIpc) is 2.68. The molecule has 0 aliphatic carbocycles. The largest absolute Gasteiger partial charge is 0.379 e. The Morgan fingerprint density at radius 2 is 1.84 bits per heavy atom. The maximum atomic E-state index is 5.51. The smallest absolute Gasteiger partial charge is 0.0722 e. The van der Waals surface area contributed by atoms with Gasteiger partial charge in [0.1, 0.15) is 0 Å². The van der Waals surface area contributed by atoms with Crippen molar-refractivity contribution in [3.05, 3.63) is 36.0 Å². The molecule has 0 amide bonds. The van der Waals surface area contributed by atoms with Crippen molar-refractivity contribution >= 4 is 16.6 Å². The number of morpholine rings is 1. The van der Waals surface area contributed by atoms with Gasteiger partial charge in [0.05, 0.1) is 18.7 Å². The molecule has 3 heterocycles. The van der Waals surface area contributed by atoms with Gasteiger partial charge in [-0.25, -0.2) is 0 Å². The minimum atomic E-state index is 0.669. The lowest BCUT2D eigenvalue weighted by Crippen LogP contribution is -2.48. The zero-order valence-corrected chi connectivity index (χ0v) is 15.4. The van der Waals surface area contributed by atoms with Crippen molar-refractivity contribution in [3.8, 4) is 0 Å². The number of ether oxygens (including phenoxy) is 1. The molecule has 2 aromatic rings. The van der Waals surface area contributed by atoms with Crippen LogP contribution in [-0.4, -0.2) is 55.3 Å². The lowest BCUT2D eigenvalue weighted by Gasteiger charge is -2.41. The van der Waals surface area contributed by atoms with Crippen molar-refractivity contribution in [1.29, 1.82) is 0 Å². The predicted octanol–water partition coefficient (Wildman–Crippen LogP) is 3.48. The molecule has 25 heavy (non-hydrogen) atoms. The number of benzene rings is 1. The molecular formula is C21H29N3O. The molecule has 2 aliphatic rings. The first-order valence-electron chi connectivity index (χ1n) is 9.64. The van der Waals surface area contributed by atoms with E-state index in [0.717, 1.165) is 50.8 Å². The molecule has 1 atom stereocenters. The van der Waals surface area contributed by atoms with Crippen LogP contribution >= 0.6 is 0 Å². The number of hydrogen-bond donors (Lipinski definition) is 0. The second-order valence-electron chi connectivity index (χ2n) is 7.56. The summed E-state index contributed by atoms with van der Waals surface area (Å²) in [4.78, 5) is 9.72. The van der Waals surface area contributed by atoms with Crippen LogP contribution in [0.15, 0.2) is 30.5 Å². The molecule has 2 saturated heterocycles. The van der Waals surface area contributed by atoms with E-state index in [2.05, 4.69) is 52.9 Å². The second-order valence-corrected chi connectivity index (χ2v) is 7.56. The molecule has 0 radical (unpaired) electrons. The lowest BCUT2D eigenvalue weighted by molar-refractivity contribution is 0.00450. The third-order valence-electron chi connectivity index (χ3n) is 6.06. The SMILES string of the molecule is Cc1ccc2nccc(N3CCC(C(C)N4CCOCC4)CC3)c2c1. The molecule has 1 unspecified atom stereocenters. The number of aromatic nitrogens is 1. The number of anilines is 1. The number of rotatable bonds is 3. The van der Waals surface area contributed by atoms with Crippen LogP contribution in [0.25, 0.3) is 10.9 Å². The molecule has 1 aromatic carbocycles. The maximum Gasteiger partial charge on any atom is 0.0722 e. The molecule has 1 aromatic heterocycles. The van der Waals surface area contributed by atoms with Crippen LogP contribution in [0.3, 0.4) is 0 Å². The van der Waals surface area contributed by atoms with E-state index in [9.17, 15) is 0 Å². The molecular weight excluding hydrogens is 310 g/mol. The van der Waals surface area contributed by atoms with Gasteiger partial charge >= 0.3 is 0 Å². The summed E-state index contributed by atoms with van der Waals surface area (Å²) in [7, 11) is 0. The van der Waals surface area contributed by atoms with Gasteiger partial charge in [-0.1, -0.05) is 11.6 Å². The molecule has 0 bridgehead atoms. The fraction of sp³-hybridized carbons (Fsp3) is 0.571. The van der Waals surface area contributed by atoms with Gasteiger partial charge in [0, 0.05) is 49.5 Å². The number of fused-ring (bicyclic) bond motifs is 1. The fourth-order valence-electron chi connectivity index (χ4n) is 4.43. The fourth-order valence-corrected chi connectivity index (χ4v) is 4.43. The molecule has 2 aliphatic heterocycles. The Balaban J connectivity index is 1.46. The van der Waals surface area contributed by atoms with E-state index in [1.165, 1.54) is 29.5 Å². The van der Waals surface area contributed by atoms with Crippen LogP contribution in [-0.2, 0) is 4.74 Å². The van der Waals surface area contributed by atoms with E-state index in [4.69, 9.17) is 4.74 Å². The van der Waals surface area contributed by atoms with Gasteiger partial charge in [-0.15, -0.1) is 0 Å². The van der Waals surface area contributed by atoms with Crippen molar-refractivity contribution in [1.82, 2.24) is 9.88 Å². The van der Waals surface area contributed by atoms with Crippen LogP contribution < -0.4 is 4.90 Å². The van der Waals surface area contributed by atoms with Crippen molar-refractivity contribution in [2.75, 3.05) is 44.3 Å². The summed E-state index contributed by atoms with van der Waals surface area (Å²) in [5, 5.41) is 1.29. The first-order valence-corrected chi connectivity index (χ1v) is 9.64. The molecule has 2 fully saturated rings. The minimum Gasteiger partial charge on any atom is -0.379 e. The Kier molecular flexibility index (Phi) is 4.91. The summed E-state index contributed by atoms with van der Waals surface area (Å²) in [6.45, 7) is 10.8. The first kappa shape index (κ1) is 16.8. The van der Waals surface area contributed by atoms with E-state index in [1.807, 2.05) is 6.20 Å². The summed E-state index contributed by atoms with van der Waals surface area (Å²) in [5.41, 5.74) is 3.76. The van der Waals surface area contributed by atoms with Crippen LogP contribution in [0.4, 0.5) is 5.69 Å². The number of nitrogens with zero attached hydrogens (tertiary/aromatic N) is 3. The first-order chi connectivity index (χ1) is 12.2. The quantitative estimate of drug-likeness (QED) is 0.856. The zero-order chi connectivity index (χ0) is 17.2. The summed E-state index contributed by atoms with van der Waals surface area (Å²) in [5.74, 6) is 0.796. The second kappa shape index (κ2) is 7.30. The minimum absolute atomic E-state index is 0.669. The van der Waals surface area contributed by atoms with Gasteiger partial charge in [0.2, 0.25) is 0 Å². The Morgan fingerprint density at radius 1 is 1.08 bits per heavy atom. The molecule has 0 spiro atoms. The lowest BCUT2D eigenvalue weighted by atomic mass is 9.88. The van der Waals surface area contributed by atoms with Crippen LogP contribution in [0.1, 0.15) is 25.3 Å². The highest BCUT2D eigenvalue weighted by molar-refractivity contribution is 5.92. The summed E-state index contributed by atoms with van der Waals surface area (Å²) < 4.78 is 5.51. The van der Waals surface area contributed by atoms with Gasteiger partial charge < -0.3 is 9.64 Å². The van der Waals surface area contributed by atoms with Crippen LogP contribution in [0, 0.1) is 12.8 Å².